The van der Waals surface area contributed by atoms with Crippen molar-refractivity contribution in [2.45, 2.75) is 90.4 Å². The van der Waals surface area contributed by atoms with E-state index in [1.807, 2.05) is 32.9 Å². The molecule has 1 N–H and O–H groups in total. The summed E-state index contributed by atoms with van der Waals surface area (Å²) in [5, 5.41) is 10.4. The molecule has 1 aliphatic heterocycles. The highest BCUT2D eigenvalue weighted by atomic mass is 16.6. The van der Waals surface area contributed by atoms with Crippen molar-refractivity contribution in [3.63, 3.8) is 0 Å². The molecule has 2 atom stereocenters. The summed E-state index contributed by atoms with van der Waals surface area (Å²) in [6, 6.07) is 8.17. The Bertz CT molecular complexity index is 594. The van der Waals surface area contributed by atoms with Crippen LogP contribution >= 0.6 is 0 Å². The molecular weight excluding hydrogens is 354 g/mol. The first kappa shape index (κ1) is 22.5. The van der Waals surface area contributed by atoms with Crippen molar-refractivity contribution < 1.29 is 19.4 Å². The van der Waals surface area contributed by atoms with Gasteiger partial charge in [0.25, 0.3) is 0 Å². The smallest absolute Gasteiger partial charge is 0.412 e. The molecule has 0 spiro atoms. The molecule has 0 aromatic heterocycles. The van der Waals surface area contributed by atoms with Crippen molar-refractivity contribution in [2.24, 2.45) is 0 Å². The van der Waals surface area contributed by atoms with Crippen molar-refractivity contribution in [3.8, 4) is 5.75 Å². The van der Waals surface area contributed by atoms with Crippen LogP contribution in [0.2, 0.25) is 0 Å². The van der Waals surface area contributed by atoms with E-state index in [1.165, 1.54) is 36.1 Å². The first-order valence-corrected chi connectivity index (χ1v) is 10.7. The highest BCUT2D eigenvalue weighted by Crippen LogP contribution is 2.32. The molecule has 2 rings (SSSR count). The Morgan fingerprint density at radius 1 is 1.14 bits per heavy atom. The van der Waals surface area contributed by atoms with Gasteiger partial charge in [0.2, 0.25) is 0 Å². The number of ether oxygens (including phenoxy) is 2. The van der Waals surface area contributed by atoms with Crippen LogP contribution in [0, 0.1) is 0 Å². The summed E-state index contributed by atoms with van der Waals surface area (Å²) in [5.41, 5.74) is 0.623. The van der Waals surface area contributed by atoms with Crippen molar-refractivity contribution in [1.82, 2.24) is 4.90 Å². The van der Waals surface area contributed by atoms with Gasteiger partial charge < -0.3 is 14.6 Å². The Balaban J connectivity index is 1.79. The third-order valence-corrected chi connectivity index (χ3v) is 5.07. The molecule has 1 aromatic carbocycles. The number of hydrogen-bond donors (Lipinski definition) is 1. The normalized spacial score (nSPS) is 20.1. The zero-order valence-electron chi connectivity index (χ0n) is 17.9. The van der Waals surface area contributed by atoms with Gasteiger partial charge in [-0.15, -0.1) is 0 Å². The predicted octanol–water partition coefficient (Wildman–Crippen LogP) is 5.47. The van der Waals surface area contributed by atoms with E-state index in [9.17, 15) is 9.90 Å². The van der Waals surface area contributed by atoms with Crippen LogP contribution in [-0.2, 0) is 4.74 Å². The third-order valence-electron chi connectivity index (χ3n) is 5.07. The summed E-state index contributed by atoms with van der Waals surface area (Å²) in [4.78, 5) is 13.7. The Kier molecular flexibility index (Phi) is 8.61. The van der Waals surface area contributed by atoms with Crippen LogP contribution in [0.25, 0.3) is 0 Å². The molecule has 0 bridgehead atoms. The fraction of sp³-hybridized carbons (Fsp3) is 0.696. The fourth-order valence-corrected chi connectivity index (χ4v) is 3.51. The minimum Gasteiger partial charge on any atom is -0.494 e. The van der Waals surface area contributed by atoms with E-state index in [2.05, 4.69) is 19.1 Å². The molecule has 1 amide bonds. The summed E-state index contributed by atoms with van der Waals surface area (Å²) in [6.07, 6.45) is 6.24. The van der Waals surface area contributed by atoms with E-state index in [1.54, 1.807) is 0 Å². The summed E-state index contributed by atoms with van der Waals surface area (Å²) in [5.74, 6) is 1.13. The van der Waals surface area contributed by atoms with E-state index in [-0.39, 0.29) is 5.92 Å². The van der Waals surface area contributed by atoms with E-state index in [0.29, 0.717) is 13.0 Å². The SMILES string of the molecule is CCCCCCCOc1ccc(C2CCN(C(=O)OC(C)(C)C)C(O)C2)cc1. The minimum atomic E-state index is -0.812. The van der Waals surface area contributed by atoms with E-state index in [4.69, 9.17) is 9.47 Å². The van der Waals surface area contributed by atoms with Crippen LogP contribution < -0.4 is 4.74 Å². The number of aliphatic hydroxyl groups is 1. The molecule has 0 radical (unpaired) electrons. The number of unbranched alkanes of at least 4 members (excludes halogenated alkanes) is 4. The van der Waals surface area contributed by atoms with Crippen molar-refractivity contribution in [1.29, 1.82) is 0 Å². The Morgan fingerprint density at radius 3 is 2.43 bits per heavy atom. The molecule has 1 fully saturated rings. The molecule has 1 heterocycles. The van der Waals surface area contributed by atoms with Crippen LogP contribution in [0.4, 0.5) is 4.79 Å². The Hall–Kier alpha value is -1.75. The van der Waals surface area contributed by atoms with Gasteiger partial charge in [0, 0.05) is 6.54 Å². The predicted molar refractivity (Wildman–Crippen MR) is 112 cm³/mol. The molecule has 0 saturated carbocycles. The number of carbonyl (C=O) groups is 1. The number of rotatable bonds is 8. The number of amides is 1. The molecule has 5 nitrogen and oxygen atoms in total. The average molecular weight is 392 g/mol. The maximum absolute atomic E-state index is 12.2. The standard InChI is InChI=1S/C23H37NO4/c1-5-6-7-8-9-16-27-20-12-10-18(11-13-20)19-14-15-24(21(25)17-19)22(26)28-23(2,3)4/h10-13,19,21,25H,5-9,14-17H2,1-4H3. The fourth-order valence-electron chi connectivity index (χ4n) is 3.51. The number of benzene rings is 1. The maximum atomic E-state index is 12.2. The van der Waals surface area contributed by atoms with Gasteiger partial charge in [-0.2, -0.15) is 0 Å². The van der Waals surface area contributed by atoms with Gasteiger partial charge in [-0.05, 0) is 63.6 Å². The maximum Gasteiger partial charge on any atom is 0.412 e. The van der Waals surface area contributed by atoms with Gasteiger partial charge >= 0.3 is 6.09 Å². The highest BCUT2D eigenvalue weighted by molar-refractivity contribution is 5.68. The minimum absolute atomic E-state index is 0.233. The molecule has 28 heavy (non-hydrogen) atoms. The lowest BCUT2D eigenvalue weighted by Gasteiger charge is -2.37. The summed E-state index contributed by atoms with van der Waals surface area (Å²) < 4.78 is 11.2. The van der Waals surface area contributed by atoms with Gasteiger partial charge in [0.05, 0.1) is 6.61 Å². The number of nitrogens with zero attached hydrogens (tertiary/aromatic N) is 1. The number of aliphatic hydroxyl groups excluding tert-OH is 1. The second kappa shape index (κ2) is 10.7. The van der Waals surface area contributed by atoms with Crippen molar-refractivity contribution >= 4 is 6.09 Å². The Labute approximate surface area is 170 Å². The Morgan fingerprint density at radius 2 is 1.82 bits per heavy atom. The topological polar surface area (TPSA) is 59.0 Å². The molecule has 1 saturated heterocycles. The molecular formula is C23H37NO4. The zero-order chi connectivity index (χ0) is 20.6. The van der Waals surface area contributed by atoms with E-state index >= 15 is 0 Å². The number of likely N-dealkylation sites (tertiary alicyclic amines) is 1. The molecule has 5 heteroatoms. The molecule has 1 aromatic rings. The van der Waals surface area contributed by atoms with Gasteiger partial charge in [0.1, 0.15) is 17.6 Å². The largest absolute Gasteiger partial charge is 0.494 e. The van der Waals surface area contributed by atoms with Crippen LogP contribution in [0.15, 0.2) is 24.3 Å². The van der Waals surface area contributed by atoms with Crippen LogP contribution in [0.1, 0.15) is 84.1 Å². The monoisotopic (exact) mass is 391 g/mol. The quantitative estimate of drug-likeness (QED) is 0.597. The summed E-state index contributed by atoms with van der Waals surface area (Å²) >= 11 is 0. The lowest BCUT2D eigenvalue weighted by Crippen LogP contribution is -2.47. The van der Waals surface area contributed by atoms with Crippen LogP contribution in [0.5, 0.6) is 5.75 Å². The number of carbonyl (C=O) groups excluding carboxylic acids is 1. The first-order valence-electron chi connectivity index (χ1n) is 10.7. The van der Waals surface area contributed by atoms with Crippen molar-refractivity contribution in [3.05, 3.63) is 29.8 Å². The first-order chi connectivity index (χ1) is 13.3. The lowest BCUT2D eigenvalue weighted by molar-refractivity contribution is -0.0492. The van der Waals surface area contributed by atoms with Gasteiger partial charge in [-0.25, -0.2) is 4.79 Å². The van der Waals surface area contributed by atoms with Crippen molar-refractivity contribution in [2.75, 3.05) is 13.2 Å². The van der Waals surface area contributed by atoms with E-state index in [0.717, 1.165) is 25.2 Å². The van der Waals surface area contributed by atoms with Gasteiger partial charge in [-0.3, -0.25) is 4.90 Å². The molecule has 0 aliphatic carbocycles. The lowest BCUT2D eigenvalue weighted by atomic mass is 9.88. The summed E-state index contributed by atoms with van der Waals surface area (Å²) in [6.45, 7) is 8.97. The molecule has 2 unspecified atom stereocenters. The van der Waals surface area contributed by atoms with E-state index < -0.39 is 17.9 Å². The number of piperidine rings is 1. The van der Waals surface area contributed by atoms with Crippen LogP contribution in [-0.4, -0.2) is 41.1 Å². The van der Waals surface area contributed by atoms with Gasteiger partial charge in [-0.1, -0.05) is 44.7 Å². The van der Waals surface area contributed by atoms with Crippen LogP contribution in [0.3, 0.4) is 0 Å². The molecule has 1 aliphatic rings. The average Bonchev–Trinajstić information content (AvgIpc) is 2.63. The zero-order valence-corrected chi connectivity index (χ0v) is 17.9. The summed E-state index contributed by atoms with van der Waals surface area (Å²) in [7, 11) is 0. The van der Waals surface area contributed by atoms with Gasteiger partial charge in [0.15, 0.2) is 0 Å². The second-order valence-electron chi connectivity index (χ2n) is 8.71. The second-order valence-corrected chi connectivity index (χ2v) is 8.71. The highest BCUT2D eigenvalue weighted by Gasteiger charge is 2.33. The molecule has 158 valence electrons. The third kappa shape index (κ3) is 7.34. The number of hydrogen-bond acceptors (Lipinski definition) is 4.